The van der Waals surface area contributed by atoms with E-state index in [0.29, 0.717) is 13.2 Å². The molecule has 0 bridgehead atoms. The molecule has 2 aliphatic heterocycles. The lowest BCUT2D eigenvalue weighted by molar-refractivity contribution is -0.329. The summed E-state index contributed by atoms with van der Waals surface area (Å²) in [5.41, 5.74) is 0.0784. The molecule has 0 aliphatic carbocycles. The third-order valence-corrected chi connectivity index (χ3v) is 4.23. The van der Waals surface area contributed by atoms with E-state index in [4.69, 9.17) is 14.2 Å². The molecule has 0 spiro atoms. The van der Waals surface area contributed by atoms with Crippen LogP contribution in [0.15, 0.2) is 30.3 Å². The summed E-state index contributed by atoms with van der Waals surface area (Å²) in [5, 5.41) is 10.6. The first-order chi connectivity index (χ1) is 9.09. The fourth-order valence-corrected chi connectivity index (χ4v) is 2.68. The van der Waals surface area contributed by atoms with Gasteiger partial charge in [-0.05, 0) is 6.92 Å². The zero-order valence-electron chi connectivity index (χ0n) is 11.3. The average molecular weight is 264 g/mol. The summed E-state index contributed by atoms with van der Waals surface area (Å²) in [6.07, 6.45) is -0.968. The second-order valence-electron chi connectivity index (χ2n) is 5.63. The Morgan fingerprint density at radius 1 is 1.16 bits per heavy atom. The predicted octanol–water partition coefficient (Wildman–Crippen LogP) is 1.89. The largest absolute Gasteiger partial charge is 0.387 e. The molecule has 2 heterocycles. The van der Waals surface area contributed by atoms with Crippen molar-refractivity contribution in [2.45, 2.75) is 37.9 Å². The van der Waals surface area contributed by atoms with Gasteiger partial charge in [0.1, 0.15) is 12.2 Å². The number of hydrogen-bond donors (Lipinski definition) is 1. The Balaban J connectivity index is 1.81. The van der Waals surface area contributed by atoms with E-state index in [9.17, 15) is 5.11 Å². The van der Waals surface area contributed by atoms with E-state index in [2.05, 4.69) is 0 Å². The second kappa shape index (κ2) is 4.87. The fourth-order valence-electron chi connectivity index (χ4n) is 2.68. The van der Waals surface area contributed by atoms with E-state index in [1.807, 2.05) is 44.2 Å². The SMILES string of the molecule is C[C@H]1CO[C@@H]2CO[C@@H](c3ccccc3)OC2[C@@]1(C)O. The molecule has 1 unspecified atom stereocenters. The first kappa shape index (κ1) is 13.1. The Kier molecular flexibility index (Phi) is 3.35. The molecule has 1 aromatic rings. The number of hydrogen-bond acceptors (Lipinski definition) is 4. The van der Waals surface area contributed by atoms with Gasteiger partial charge in [0.25, 0.3) is 0 Å². The molecular weight excluding hydrogens is 244 g/mol. The number of benzene rings is 1. The monoisotopic (exact) mass is 264 g/mol. The smallest absolute Gasteiger partial charge is 0.184 e. The molecule has 5 atom stereocenters. The topological polar surface area (TPSA) is 47.9 Å². The van der Waals surface area contributed by atoms with Gasteiger partial charge in [-0.1, -0.05) is 37.3 Å². The first-order valence-electron chi connectivity index (χ1n) is 6.75. The number of ether oxygens (including phenoxy) is 3. The third-order valence-electron chi connectivity index (χ3n) is 4.23. The van der Waals surface area contributed by atoms with Crippen LogP contribution < -0.4 is 0 Å². The van der Waals surface area contributed by atoms with Gasteiger partial charge in [-0.15, -0.1) is 0 Å². The molecule has 0 radical (unpaired) electrons. The molecule has 1 N–H and O–H groups in total. The van der Waals surface area contributed by atoms with Crippen LogP contribution in [-0.2, 0) is 14.2 Å². The normalized spacial score (nSPS) is 42.7. The first-order valence-corrected chi connectivity index (χ1v) is 6.75. The summed E-state index contributed by atoms with van der Waals surface area (Å²) in [7, 11) is 0. The number of fused-ring (bicyclic) bond motifs is 1. The summed E-state index contributed by atoms with van der Waals surface area (Å²) >= 11 is 0. The molecule has 0 aromatic heterocycles. The molecule has 0 saturated carbocycles. The van der Waals surface area contributed by atoms with Crippen molar-refractivity contribution < 1.29 is 19.3 Å². The molecule has 0 amide bonds. The van der Waals surface area contributed by atoms with Crippen LogP contribution >= 0.6 is 0 Å². The molecule has 19 heavy (non-hydrogen) atoms. The molecule has 1 aromatic carbocycles. The Morgan fingerprint density at radius 3 is 2.63 bits per heavy atom. The molecule has 4 nitrogen and oxygen atoms in total. The van der Waals surface area contributed by atoms with Crippen molar-refractivity contribution in [3.8, 4) is 0 Å². The van der Waals surface area contributed by atoms with Gasteiger partial charge in [-0.2, -0.15) is 0 Å². The van der Waals surface area contributed by atoms with Crippen molar-refractivity contribution in [1.29, 1.82) is 0 Å². The summed E-state index contributed by atoms with van der Waals surface area (Å²) < 4.78 is 17.4. The van der Waals surface area contributed by atoms with E-state index < -0.39 is 11.9 Å². The lowest BCUT2D eigenvalue weighted by Crippen LogP contribution is -2.62. The van der Waals surface area contributed by atoms with Crippen LogP contribution in [0, 0.1) is 5.92 Å². The molecule has 2 fully saturated rings. The van der Waals surface area contributed by atoms with Crippen LogP contribution in [0.1, 0.15) is 25.7 Å². The molecule has 104 valence electrons. The summed E-state index contributed by atoms with van der Waals surface area (Å²) in [6.45, 7) is 4.79. The van der Waals surface area contributed by atoms with Gasteiger partial charge in [0.2, 0.25) is 0 Å². The minimum atomic E-state index is -0.889. The zero-order chi connectivity index (χ0) is 13.5. The van der Waals surface area contributed by atoms with Gasteiger partial charge >= 0.3 is 0 Å². The minimum absolute atomic E-state index is 0.0447. The van der Waals surface area contributed by atoms with Crippen molar-refractivity contribution in [2.75, 3.05) is 13.2 Å². The highest BCUT2D eigenvalue weighted by Crippen LogP contribution is 2.38. The van der Waals surface area contributed by atoms with Crippen LogP contribution in [0.4, 0.5) is 0 Å². The quantitative estimate of drug-likeness (QED) is 0.841. The molecular formula is C15H20O4. The summed E-state index contributed by atoms with van der Waals surface area (Å²) in [4.78, 5) is 0. The summed E-state index contributed by atoms with van der Waals surface area (Å²) in [5.74, 6) is 0.0447. The maximum Gasteiger partial charge on any atom is 0.184 e. The van der Waals surface area contributed by atoms with Gasteiger partial charge in [0.05, 0.1) is 18.8 Å². The van der Waals surface area contributed by atoms with Crippen molar-refractivity contribution in [2.24, 2.45) is 5.92 Å². The van der Waals surface area contributed by atoms with E-state index in [0.717, 1.165) is 5.56 Å². The van der Waals surface area contributed by atoms with Crippen LogP contribution in [0.25, 0.3) is 0 Å². The maximum absolute atomic E-state index is 10.6. The van der Waals surface area contributed by atoms with Gasteiger partial charge in [0.15, 0.2) is 6.29 Å². The molecule has 4 heteroatoms. The Hall–Kier alpha value is -0.940. The van der Waals surface area contributed by atoms with Crippen molar-refractivity contribution in [3.05, 3.63) is 35.9 Å². The standard InChI is InChI=1S/C15H20O4/c1-10-8-17-12-9-18-14(11-6-4-3-5-7-11)19-13(12)15(10,2)16/h3-7,10,12-14,16H,8-9H2,1-2H3/t10-,12+,13?,14+,15-/m0/s1. The summed E-state index contributed by atoms with van der Waals surface area (Å²) in [6, 6.07) is 9.79. The second-order valence-corrected chi connectivity index (χ2v) is 5.63. The van der Waals surface area contributed by atoms with E-state index in [-0.39, 0.29) is 18.1 Å². The highest BCUT2D eigenvalue weighted by atomic mass is 16.7. The third kappa shape index (κ3) is 2.30. The molecule has 2 saturated heterocycles. The molecule has 2 aliphatic rings. The number of rotatable bonds is 1. The minimum Gasteiger partial charge on any atom is -0.387 e. The van der Waals surface area contributed by atoms with Gasteiger partial charge in [0, 0.05) is 11.5 Å². The van der Waals surface area contributed by atoms with E-state index in [1.165, 1.54) is 0 Å². The van der Waals surface area contributed by atoms with Crippen molar-refractivity contribution >= 4 is 0 Å². The Bertz CT molecular complexity index is 431. The van der Waals surface area contributed by atoms with Gasteiger partial charge in [-0.3, -0.25) is 0 Å². The van der Waals surface area contributed by atoms with Gasteiger partial charge < -0.3 is 19.3 Å². The van der Waals surface area contributed by atoms with Crippen molar-refractivity contribution in [3.63, 3.8) is 0 Å². The average Bonchev–Trinajstić information content (AvgIpc) is 2.44. The Morgan fingerprint density at radius 2 is 1.89 bits per heavy atom. The fraction of sp³-hybridized carbons (Fsp3) is 0.600. The number of aliphatic hydroxyl groups is 1. The van der Waals surface area contributed by atoms with E-state index >= 15 is 0 Å². The zero-order valence-corrected chi connectivity index (χ0v) is 11.3. The van der Waals surface area contributed by atoms with Crippen LogP contribution in [0.2, 0.25) is 0 Å². The van der Waals surface area contributed by atoms with Gasteiger partial charge in [-0.25, -0.2) is 0 Å². The van der Waals surface area contributed by atoms with Crippen LogP contribution in [0.3, 0.4) is 0 Å². The van der Waals surface area contributed by atoms with E-state index in [1.54, 1.807) is 0 Å². The maximum atomic E-state index is 10.6. The van der Waals surface area contributed by atoms with Crippen LogP contribution in [-0.4, -0.2) is 36.1 Å². The highest BCUT2D eigenvalue weighted by molar-refractivity contribution is 5.17. The predicted molar refractivity (Wildman–Crippen MR) is 69.5 cm³/mol. The Labute approximate surface area is 113 Å². The van der Waals surface area contributed by atoms with Crippen molar-refractivity contribution in [1.82, 2.24) is 0 Å². The lowest BCUT2D eigenvalue weighted by atomic mass is 9.81. The van der Waals surface area contributed by atoms with Crippen LogP contribution in [0.5, 0.6) is 0 Å². The molecule has 3 rings (SSSR count). The lowest BCUT2D eigenvalue weighted by Gasteiger charge is -2.49. The highest BCUT2D eigenvalue weighted by Gasteiger charge is 2.50.